The van der Waals surface area contributed by atoms with E-state index in [1.165, 1.54) is 11.3 Å². The first-order valence-corrected chi connectivity index (χ1v) is 6.55. The molecular formula is C6H11N7O2S2. The van der Waals surface area contributed by atoms with Crippen molar-refractivity contribution < 1.29 is 8.42 Å². The van der Waals surface area contributed by atoms with E-state index in [1.54, 1.807) is 5.38 Å². The van der Waals surface area contributed by atoms with E-state index in [-0.39, 0.29) is 18.2 Å². The summed E-state index contributed by atoms with van der Waals surface area (Å²) in [6, 6.07) is 0. The molecule has 17 heavy (non-hydrogen) atoms. The first-order chi connectivity index (χ1) is 7.76. The molecule has 1 heterocycles. The number of rotatable bonds is 4. The van der Waals surface area contributed by atoms with Crippen molar-refractivity contribution in [3.63, 3.8) is 0 Å². The zero-order valence-corrected chi connectivity index (χ0v) is 10.2. The minimum Gasteiger partial charge on any atom is -0.386 e. The van der Waals surface area contributed by atoms with Gasteiger partial charge in [0.1, 0.15) is 5.84 Å². The second-order valence-electron chi connectivity index (χ2n) is 2.93. The van der Waals surface area contributed by atoms with Crippen LogP contribution in [0.15, 0.2) is 14.8 Å². The van der Waals surface area contributed by atoms with Crippen LogP contribution in [0.4, 0.5) is 5.13 Å². The Morgan fingerprint density at radius 1 is 1.41 bits per heavy atom. The fourth-order valence-electron chi connectivity index (χ4n) is 0.921. The second kappa shape index (κ2) is 5.07. The SMILES string of the molecule is NC(N)=Nc1nc(CC(N)=NS(N)(=O)=O)cs1. The number of guanidine groups is 1. The van der Waals surface area contributed by atoms with E-state index in [0.717, 1.165) is 0 Å². The van der Waals surface area contributed by atoms with E-state index in [4.69, 9.17) is 22.3 Å². The van der Waals surface area contributed by atoms with Crippen molar-refractivity contribution in [1.29, 1.82) is 0 Å². The second-order valence-corrected chi connectivity index (χ2v) is 4.98. The van der Waals surface area contributed by atoms with Gasteiger partial charge in [-0.3, -0.25) is 0 Å². The number of nitrogens with zero attached hydrogens (tertiary/aromatic N) is 3. The normalized spacial score (nSPS) is 12.4. The lowest BCUT2D eigenvalue weighted by Gasteiger charge is -1.95. The Morgan fingerprint density at radius 3 is 2.59 bits per heavy atom. The Bertz CT molecular complexity index is 555. The highest BCUT2D eigenvalue weighted by molar-refractivity contribution is 7.88. The molecule has 0 amide bonds. The first kappa shape index (κ1) is 13.3. The fraction of sp³-hybridized carbons (Fsp3) is 0.167. The van der Waals surface area contributed by atoms with Crippen molar-refractivity contribution in [3.8, 4) is 0 Å². The molecule has 0 bridgehead atoms. The Hall–Kier alpha value is -1.72. The van der Waals surface area contributed by atoms with Gasteiger partial charge in [-0.15, -0.1) is 15.7 Å². The van der Waals surface area contributed by atoms with Gasteiger partial charge < -0.3 is 17.2 Å². The summed E-state index contributed by atoms with van der Waals surface area (Å²) in [5, 5.41) is 6.68. The molecule has 0 saturated carbocycles. The summed E-state index contributed by atoms with van der Waals surface area (Å²) in [4.78, 5) is 7.71. The van der Waals surface area contributed by atoms with Crippen LogP contribution in [0.25, 0.3) is 0 Å². The number of aromatic nitrogens is 1. The van der Waals surface area contributed by atoms with E-state index in [2.05, 4.69) is 14.4 Å². The van der Waals surface area contributed by atoms with E-state index < -0.39 is 10.2 Å². The molecule has 9 nitrogen and oxygen atoms in total. The van der Waals surface area contributed by atoms with E-state index in [1.807, 2.05) is 0 Å². The van der Waals surface area contributed by atoms with Gasteiger partial charge in [0.25, 0.3) is 0 Å². The summed E-state index contributed by atoms with van der Waals surface area (Å²) < 4.78 is 24.3. The minimum absolute atomic E-state index is 0.0485. The zero-order chi connectivity index (χ0) is 13.1. The fourth-order valence-corrected chi connectivity index (χ4v) is 2.02. The van der Waals surface area contributed by atoms with E-state index in [0.29, 0.717) is 10.8 Å². The number of amidine groups is 1. The molecule has 8 N–H and O–H groups in total. The summed E-state index contributed by atoms with van der Waals surface area (Å²) in [5.41, 5.74) is 16.2. The van der Waals surface area contributed by atoms with Crippen LogP contribution in [0.5, 0.6) is 0 Å². The summed E-state index contributed by atoms with van der Waals surface area (Å²) in [6.07, 6.45) is 0.0485. The van der Waals surface area contributed by atoms with Gasteiger partial charge in [-0.25, -0.2) is 10.1 Å². The van der Waals surface area contributed by atoms with Crippen molar-refractivity contribution in [3.05, 3.63) is 11.1 Å². The van der Waals surface area contributed by atoms with Gasteiger partial charge in [0.2, 0.25) is 5.13 Å². The molecule has 1 aromatic rings. The molecule has 0 aliphatic rings. The monoisotopic (exact) mass is 277 g/mol. The molecule has 1 rings (SSSR count). The predicted octanol–water partition coefficient (Wildman–Crippen LogP) is -1.85. The number of hydrogen-bond acceptors (Lipinski definition) is 5. The van der Waals surface area contributed by atoms with Gasteiger partial charge in [-0.2, -0.15) is 13.4 Å². The molecule has 0 saturated heterocycles. The van der Waals surface area contributed by atoms with Gasteiger partial charge in [-0.05, 0) is 0 Å². The summed E-state index contributed by atoms with van der Waals surface area (Å²) in [5.74, 6) is -0.272. The van der Waals surface area contributed by atoms with Crippen LogP contribution >= 0.6 is 11.3 Å². The number of thiazole rings is 1. The number of aliphatic imine (C=N–C) groups is 1. The highest BCUT2D eigenvalue weighted by Gasteiger charge is 2.06. The summed E-state index contributed by atoms with van der Waals surface area (Å²) in [7, 11) is -3.98. The molecule has 0 aliphatic carbocycles. The largest absolute Gasteiger partial charge is 0.386 e. The molecule has 0 atom stereocenters. The van der Waals surface area contributed by atoms with Gasteiger partial charge in [0, 0.05) is 11.8 Å². The van der Waals surface area contributed by atoms with Crippen molar-refractivity contribution in [1.82, 2.24) is 4.98 Å². The molecule has 0 aliphatic heterocycles. The third-order valence-electron chi connectivity index (χ3n) is 1.37. The number of hydrogen-bond donors (Lipinski definition) is 4. The lowest BCUT2D eigenvalue weighted by atomic mass is 10.3. The van der Waals surface area contributed by atoms with Crippen LogP contribution in [0.3, 0.4) is 0 Å². The molecule has 0 radical (unpaired) electrons. The van der Waals surface area contributed by atoms with Crippen LogP contribution in [0, 0.1) is 0 Å². The van der Waals surface area contributed by atoms with Gasteiger partial charge in [0.15, 0.2) is 5.96 Å². The van der Waals surface area contributed by atoms with Crippen molar-refractivity contribution in [2.75, 3.05) is 0 Å². The Labute approximate surface area is 101 Å². The maximum atomic E-state index is 10.6. The maximum absolute atomic E-state index is 10.6. The van der Waals surface area contributed by atoms with Crippen molar-refractivity contribution in [2.45, 2.75) is 6.42 Å². The Balaban J connectivity index is 2.80. The zero-order valence-electron chi connectivity index (χ0n) is 8.57. The molecular weight excluding hydrogens is 266 g/mol. The average molecular weight is 277 g/mol. The van der Waals surface area contributed by atoms with Crippen LogP contribution in [0.1, 0.15) is 5.69 Å². The van der Waals surface area contributed by atoms with E-state index in [9.17, 15) is 8.42 Å². The third kappa shape index (κ3) is 5.24. The van der Waals surface area contributed by atoms with Crippen LogP contribution in [-0.4, -0.2) is 25.2 Å². The molecule has 0 aromatic carbocycles. The molecule has 0 unspecified atom stereocenters. The first-order valence-electron chi connectivity index (χ1n) is 4.17. The number of nitrogens with two attached hydrogens (primary N) is 4. The average Bonchev–Trinajstić information content (AvgIpc) is 2.46. The molecule has 11 heteroatoms. The van der Waals surface area contributed by atoms with Gasteiger partial charge in [-0.1, -0.05) is 0 Å². The van der Waals surface area contributed by atoms with Crippen LogP contribution < -0.4 is 22.3 Å². The van der Waals surface area contributed by atoms with Gasteiger partial charge in [0.05, 0.1) is 5.69 Å². The summed E-state index contributed by atoms with van der Waals surface area (Å²) >= 11 is 1.19. The lowest BCUT2D eigenvalue weighted by Crippen LogP contribution is -2.22. The molecule has 0 fully saturated rings. The molecule has 1 aromatic heterocycles. The quantitative estimate of drug-likeness (QED) is 0.371. The Morgan fingerprint density at radius 2 is 2.06 bits per heavy atom. The highest BCUT2D eigenvalue weighted by atomic mass is 32.2. The molecule has 0 spiro atoms. The van der Waals surface area contributed by atoms with Crippen LogP contribution in [-0.2, 0) is 16.6 Å². The van der Waals surface area contributed by atoms with Crippen molar-refractivity contribution >= 4 is 38.5 Å². The highest BCUT2D eigenvalue weighted by Crippen LogP contribution is 2.18. The minimum atomic E-state index is -3.98. The lowest BCUT2D eigenvalue weighted by molar-refractivity contribution is 0.599. The van der Waals surface area contributed by atoms with Crippen molar-refractivity contribution in [2.24, 2.45) is 31.7 Å². The van der Waals surface area contributed by atoms with Crippen LogP contribution in [0.2, 0.25) is 0 Å². The topological polar surface area (TPSA) is 176 Å². The third-order valence-corrected chi connectivity index (χ3v) is 2.64. The van der Waals surface area contributed by atoms with Gasteiger partial charge >= 0.3 is 10.2 Å². The standard InChI is InChI=1S/C6H11N7O2S2/c7-4(13-17(10,14)15)1-3-2-16-6(11-3)12-5(8)9/h2H,1H2,(H2,7,13)(H2,10,14,15)(H4,8,9,11,12). The predicted molar refractivity (Wildman–Crippen MR) is 66.0 cm³/mol. The maximum Gasteiger partial charge on any atom is 0.318 e. The summed E-state index contributed by atoms with van der Waals surface area (Å²) in [6.45, 7) is 0. The molecule has 94 valence electrons. The Kier molecular flexibility index (Phi) is 3.98. The smallest absolute Gasteiger partial charge is 0.318 e. The van der Waals surface area contributed by atoms with E-state index >= 15 is 0 Å².